The van der Waals surface area contributed by atoms with E-state index < -0.39 is 0 Å². The van der Waals surface area contributed by atoms with Crippen LogP contribution in [0.2, 0.25) is 0 Å². The number of piperidine rings is 1. The van der Waals surface area contributed by atoms with E-state index in [4.69, 9.17) is 5.11 Å². The Hall–Kier alpha value is -0.0800. The molecular formula is C11H23NO. The zero-order valence-electron chi connectivity index (χ0n) is 9.05. The zero-order valence-corrected chi connectivity index (χ0v) is 9.05. The normalized spacial score (nSPS) is 20.5. The summed E-state index contributed by atoms with van der Waals surface area (Å²) in [6, 6.07) is 0. The second-order valence-electron chi connectivity index (χ2n) is 4.97. The molecule has 1 N–H and O–H groups in total. The third-order valence-corrected chi connectivity index (χ3v) is 2.89. The molecule has 0 spiro atoms. The Bertz CT molecular complexity index is 139. The molecule has 1 aliphatic rings. The molecule has 1 rings (SSSR count). The highest BCUT2D eigenvalue weighted by Crippen LogP contribution is 2.23. The molecule has 1 heterocycles. The van der Waals surface area contributed by atoms with E-state index in [0.29, 0.717) is 6.61 Å². The third kappa shape index (κ3) is 4.10. The maximum absolute atomic E-state index is 8.91. The van der Waals surface area contributed by atoms with Crippen LogP contribution in [0.4, 0.5) is 0 Å². The van der Waals surface area contributed by atoms with Gasteiger partial charge in [0.25, 0.3) is 0 Å². The highest BCUT2D eigenvalue weighted by atomic mass is 16.3. The van der Waals surface area contributed by atoms with E-state index in [0.717, 1.165) is 13.0 Å². The molecular weight excluding hydrogens is 162 g/mol. The molecule has 1 aliphatic heterocycles. The van der Waals surface area contributed by atoms with Gasteiger partial charge in [0.15, 0.2) is 0 Å². The summed E-state index contributed by atoms with van der Waals surface area (Å²) in [5.74, 6) is 0. The second kappa shape index (κ2) is 4.97. The molecule has 1 saturated heterocycles. The maximum Gasteiger partial charge on any atom is 0.0436 e. The van der Waals surface area contributed by atoms with E-state index in [1.165, 1.54) is 32.4 Å². The van der Waals surface area contributed by atoms with Crippen LogP contribution in [0.25, 0.3) is 0 Å². The standard InChI is InChI=1S/C11H23NO/c1-11(2,6-9-13)10-12-7-4-3-5-8-12/h13H,3-10H2,1-2H3. The van der Waals surface area contributed by atoms with Gasteiger partial charge in [0.1, 0.15) is 0 Å². The molecule has 13 heavy (non-hydrogen) atoms. The molecule has 0 aromatic carbocycles. The second-order valence-corrected chi connectivity index (χ2v) is 4.97. The average molecular weight is 185 g/mol. The number of nitrogens with zero attached hydrogens (tertiary/aromatic N) is 1. The first-order valence-corrected chi connectivity index (χ1v) is 5.47. The fourth-order valence-corrected chi connectivity index (χ4v) is 2.10. The van der Waals surface area contributed by atoms with Crippen LogP contribution in [-0.2, 0) is 0 Å². The summed E-state index contributed by atoms with van der Waals surface area (Å²) in [7, 11) is 0. The van der Waals surface area contributed by atoms with Crippen molar-refractivity contribution in [3.05, 3.63) is 0 Å². The summed E-state index contributed by atoms with van der Waals surface area (Å²) in [5, 5.41) is 8.91. The van der Waals surface area contributed by atoms with Crippen molar-refractivity contribution in [2.45, 2.75) is 39.5 Å². The van der Waals surface area contributed by atoms with Gasteiger partial charge >= 0.3 is 0 Å². The number of hydrogen-bond acceptors (Lipinski definition) is 2. The van der Waals surface area contributed by atoms with Crippen LogP contribution in [0.15, 0.2) is 0 Å². The minimum atomic E-state index is 0.284. The molecule has 1 fully saturated rings. The maximum atomic E-state index is 8.91. The summed E-state index contributed by atoms with van der Waals surface area (Å²) >= 11 is 0. The molecule has 0 bridgehead atoms. The monoisotopic (exact) mass is 185 g/mol. The molecule has 0 unspecified atom stereocenters. The van der Waals surface area contributed by atoms with Crippen LogP contribution in [0.3, 0.4) is 0 Å². The molecule has 0 radical (unpaired) electrons. The SMILES string of the molecule is CC(C)(CCO)CN1CCCCC1. The fraction of sp³-hybridized carbons (Fsp3) is 1.00. The van der Waals surface area contributed by atoms with E-state index in [9.17, 15) is 0 Å². The van der Waals surface area contributed by atoms with Gasteiger partial charge in [-0.15, -0.1) is 0 Å². The predicted octanol–water partition coefficient (Wildman–Crippen LogP) is 1.88. The molecule has 0 amide bonds. The van der Waals surface area contributed by atoms with Gasteiger partial charge in [-0.05, 0) is 37.8 Å². The van der Waals surface area contributed by atoms with Crippen molar-refractivity contribution < 1.29 is 5.11 Å². The number of aliphatic hydroxyl groups excluding tert-OH is 1. The van der Waals surface area contributed by atoms with Crippen LogP contribution in [0.5, 0.6) is 0 Å². The predicted molar refractivity (Wildman–Crippen MR) is 55.8 cm³/mol. The van der Waals surface area contributed by atoms with Gasteiger partial charge in [-0.1, -0.05) is 20.3 Å². The highest BCUT2D eigenvalue weighted by molar-refractivity contribution is 4.75. The van der Waals surface area contributed by atoms with Crippen LogP contribution in [-0.4, -0.2) is 36.2 Å². The Morgan fingerprint density at radius 3 is 2.31 bits per heavy atom. The van der Waals surface area contributed by atoms with Gasteiger partial charge in [-0.25, -0.2) is 0 Å². The van der Waals surface area contributed by atoms with Crippen molar-refractivity contribution in [1.82, 2.24) is 4.90 Å². The van der Waals surface area contributed by atoms with Crippen molar-refractivity contribution in [3.8, 4) is 0 Å². The largest absolute Gasteiger partial charge is 0.396 e. The van der Waals surface area contributed by atoms with Crippen molar-refractivity contribution in [1.29, 1.82) is 0 Å². The fourth-order valence-electron chi connectivity index (χ4n) is 2.10. The smallest absolute Gasteiger partial charge is 0.0436 e. The van der Waals surface area contributed by atoms with Crippen LogP contribution in [0, 0.1) is 5.41 Å². The van der Waals surface area contributed by atoms with Gasteiger partial charge in [0.05, 0.1) is 0 Å². The molecule has 0 aliphatic carbocycles. The lowest BCUT2D eigenvalue weighted by Crippen LogP contribution is -2.38. The van der Waals surface area contributed by atoms with Gasteiger partial charge in [-0.3, -0.25) is 0 Å². The van der Waals surface area contributed by atoms with Crippen LogP contribution < -0.4 is 0 Å². The molecule has 0 atom stereocenters. The highest BCUT2D eigenvalue weighted by Gasteiger charge is 2.22. The first kappa shape index (κ1) is 11.0. The van der Waals surface area contributed by atoms with Crippen LogP contribution in [0.1, 0.15) is 39.5 Å². The lowest BCUT2D eigenvalue weighted by atomic mass is 9.88. The molecule has 2 heteroatoms. The number of hydrogen-bond donors (Lipinski definition) is 1. The lowest BCUT2D eigenvalue weighted by Gasteiger charge is -2.34. The quantitative estimate of drug-likeness (QED) is 0.723. The Morgan fingerprint density at radius 1 is 1.15 bits per heavy atom. The van der Waals surface area contributed by atoms with Gasteiger partial charge in [-0.2, -0.15) is 0 Å². The Morgan fingerprint density at radius 2 is 1.77 bits per heavy atom. The summed E-state index contributed by atoms with van der Waals surface area (Å²) in [5.41, 5.74) is 0.284. The van der Waals surface area contributed by atoms with E-state index in [1.54, 1.807) is 0 Å². The van der Waals surface area contributed by atoms with E-state index in [-0.39, 0.29) is 5.41 Å². The topological polar surface area (TPSA) is 23.5 Å². The van der Waals surface area contributed by atoms with E-state index in [2.05, 4.69) is 18.7 Å². The first-order valence-electron chi connectivity index (χ1n) is 5.47. The Balaban J connectivity index is 2.28. The van der Waals surface area contributed by atoms with Gasteiger partial charge < -0.3 is 10.0 Å². The molecule has 0 saturated carbocycles. The summed E-state index contributed by atoms with van der Waals surface area (Å²) in [4.78, 5) is 2.54. The van der Waals surface area contributed by atoms with Crippen molar-refractivity contribution in [2.75, 3.05) is 26.2 Å². The number of likely N-dealkylation sites (tertiary alicyclic amines) is 1. The lowest BCUT2D eigenvalue weighted by molar-refractivity contribution is 0.124. The zero-order chi connectivity index (χ0) is 9.73. The number of aliphatic hydroxyl groups is 1. The molecule has 78 valence electrons. The summed E-state index contributed by atoms with van der Waals surface area (Å²) < 4.78 is 0. The molecule has 0 aromatic rings. The molecule has 0 aromatic heterocycles. The molecule has 2 nitrogen and oxygen atoms in total. The van der Waals surface area contributed by atoms with Crippen molar-refractivity contribution in [2.24, 2.45) is 5.41 Å². The Labute approximate surface area is 81.9 Å². The first-order chi connectivity index (χ1) is 6.14. The third-order valence-electron chi connectivity index (χ3n) is 2.89. The van der Waals surface area contributed by atoms with Gasteiger partial charge in [0.2, 0.25) is 0 Å². The Kier molecular flexibility index (Phi) is 4.20. The van der Waals surface area contributed by atoms with Crippen molar-refractivity contribution in [3.63, 3.8) is 0 Å². The van der Waals surface area contributed by atoms with Crippen LogP contribution >= 0.6 is 0 Å². The summed E-state index contributed by atoms with van der Waals surface area (Å²) in [6.07, 6.45) is 5.03. The minimum absolute atomic E-state index is 0.284. The number of rotatable bonds is 4. The summed E-state index contributed by atoms with van der Waals surface area (Å²) in [6.45, 7) is 8.48. The average Bonchev–Trinajstić information content (AvgIpc) is 2.04. The van der Waals surface area contributed by atoms with Crippen molar-refractivity contribution >= 4 is 0 Å². The van der Waals surface area contributed by atoms with E-state index >= 15 is 0 Å². The minimum Gasteiger partial charge on any atom is -0.396 e. The van der Waals surface area contributed by atoms with E-state index in [1.807, 2.05) is 0 Å². The van der Waals surface area contributed by atoms with Gasteiger partial charge in [0, 0.05) is 13.2 Å².